The Morgan fingerprint density at radius 2 is 0.770 bits per heavy atom. The van der Waals surface area contributed by atoms with Crippen molar-refractivity contribution >= 4 is 31.5 Å². The van der Waals surface area contributed by atoms with Gasteiger partial charge in [-0.15, -0.1) is 11.3 Å². The maximum atomic E-state index is 5.09. The van der Waals surface area contributed by atoms with Gasteiger partial charge in [-0.1, -0.05) is 170 Å². The Labute approximate surface area is 355 Å². The fourth-order valence-corrected chi connectivity index (χ4v) is 8.96. The number of rotatable bonds is 8. The lowest BCUT2D eigenvalue weighted by Gasteiger charge is -2.10. The third kappa shape index (κ3) is 7.01. The van der Waals surface area contributed by atoms with Gasteiger partial charge in [0.2, 0.25) is 0 Å². The summed E-state index contributed by atoms with van der Waals surface area (Å²) in [6, 6.07) is 65.8. The van der Waals surface area contributed by atoms with Gasteiger partial charge in [0.15, 0.2) is 34.9 Å². The summed E-state index contributed by atoms with van der Waals surface area (Å²) in [5, 5.41) is 2.28. The van der Waals surface area contributed by atoms with Gasteiger partial charge < -0.3 is 0 Å². The molecule has 0 aliphatic heterocycles. The molecule has 0 unspecified atom stereocenters. The fraction of sp³-hybridized carbons (Fsp3) is 0. The average Bonchev–Trinajstić information content (AvgIpc) is 3.74. The first kappa shape index (κ1) is 36.0. The highest BCUT2D eigenvalue weighted by atomic mass is 32.1. The summed E-state index contributed by atoms with van der Waals surface area (Å²) in [5.41, 5.74) is 9.69. The number of hydrogen-bond acceptors (Lipinski definition) is 8. The van der Waals surface area contributed by atoms with Crippen molar-refractivity contribution in [3.63, 3.8) is 0 Å². The Bertz CT molecular complexity index is 3280. The van der Waals surface area contributed by atoms with E-state index in [2.05, 4.69) is 77.8 Å². The minimum atomic E-state index is 0.599. The van der Waals surface area contributed by atoms with Crippen LogP contribution in [-0.2, 0) is 0 Å². The highest BCUT2D eigenvalue weighted by Gasteiger charge is 2.19. The van der Waals surface area contributed by atoms with Crippen LogP contribution in [0, 0.1) is 0 Å². The second kappa shape index (κ2) is 15.6. The lowest BCUT2D eigenvalue weighted by Crippen LogP contribution is -2.00. The van der Waals surface area contributed by atoms with Crippen LogP contribution in [0.25, 0.3) is 111 Å². The molecule has 11 rings (SSSR count). The predicted octanol–water partition coefficient (Wildman–Crippen LogP) is 13.2. The third-order valence-corrected chi connectivity index (χ3v) is 11.9. The summed E-state index contributed by atoms with van der Waals surface area (Å²) in [6.45, 7) is 0. The quantitative estimate of drug-likeness (QED) is 0.151. The van der Waals surface area contributed by atoms with E-state index >= 15 is 0 Å². The van der Waals surface area contributed by atoms with Gasteiger partial charge in [-0.2, -0.15) is 0 Å². The molecule has 4 heterocycles. The monoisotopic (exact) mass is 799 g/mol. The first-order valence-electron chi connectivity index (χ1n) is 20.0. The van der Waals surface area contributed by atoms with Crippen LogP contribution in [0.5, 0.6) is 0 Å². The van der Waals surface area contributed by atoms with Crippen molar-refractivity contribution < 1.29 is 0 Å². The molecule has 0 aliphatic carbocycles. The SMILES string of the molecule is c1ccc(-c2nc(-c3ccc(-c4cccc5c4sc4cccc(-c6nc(-c7ccccc7)nc(-c7ccccc7)n6)c45)cc3)nc(-c3cccc(-c4ccccn4)c3)n2)cc1. The lowest BCUT2D eigenvalue weighted by molar-refractivity contribution is 1.07. The molecule has 11 aromatic rings. The molecule has 4 aromatic heterocycles. The first-order valence-corrected chi connectivity index (χ1v) is 20.8. The summed E-state index contributed by atoms with van der Waals surface area (Å²) < 4.78 is 2.36. The zero-order valence-corrected chi connectivity index (χ0v) is 33.4. The molecule has 0 N–H and O–H groups in total. The molecule has 0 amide bonds. The molecular weight excluding hydrogens is 767 g/mol. The van der Waals surface area contributed by atoms with Gasteiger partial charge in [0.1, 0.15) is 0 Å². The smallest absolute Gasteiger partial charge is 0.164 e. The maximum Gasteiger partial charge on any atom is 0.164 e. The van der Waals surface area contributed by atoms with Crippen molar-refractivity contribution in [3.8, 4) is 90.7 Å². The Morgan fingerprint density at radius 1 is 0.311 bits per heavy atom. The fourth-order valence-electron chi connectivity index (χ4n) is 7.69. The Morgan fingerprint density at radius 3 is 1.36 bits per heavy atom. The summed E-state index contributed by atoms with van der Waals surface area (Å²) in [5.74, 6) is 3.74. The molecular formula is C53H33N7S. The van der Waals surface area contributed by atoms with Crippen LogP contribution in [0.1, 0.15) is 0 Å². The van der Waals surface area contributed by atoms with Gasteiger partial charge in [0, 0.05) is 65.3 Å². The van der Waals surface area contributed by atoms with Crippen molar-refractivity contribution in [2.45, 2.75) is 0 Å². The first-order chi connectivity index (χ1) is 30.2. The van der Waals surface area contributed by atoms with E-state index in [0.29, 0.717) is 34.9 Å². The van der Waals surface area contributed by atoms with Crippen LogP contribution in [0.3, 0.4) is 0 Å². The highest BCUT2D eigenvalue weighted by Crippen LogP contribution is 2.44. The van der Waals surface area contributed by atoms with Gasteiger partial charge in [0.25, 0.3) is 0 Å². The normalized spacial score (nSPS) is 11.3. The van der Waals surface area contributed by atoms with Gasteiger partial charge in [-0.3, -0.25) is 4.98 Å². The second-order valence-electron chi connectivity index (χ2n) is 14.5. The van der Waals surface area contributed by atoms with E-state index in [1.807, 2.05) is 121 Å². The molecule has 0 bridgehead atoms. The van der Waals surface area contributed by atoms with Crippen molar-refractivity contribution in [1.82, 2.24) is 34.9 Å². The van der Waals surface area contributed by atoms with Crippen molar-refractivity contribution in [2.75, 3.05) is 0 Å². The third-order valence-electron chi connectivity index (χ3n) is 10.7. The molecule has 7 aromatic carbocycles. The Kier molecular flexibility index (Phi) is 9.22. The van der Waals surface area contributed by atoms with Crippen LogP contribution >= 0.6 is 11.3 Å². The van der Waals surface area contributed by atoms with Crippen LogP contribution in [0.4, 0.5) is 0 Å². The van der Waals surface area contributed by atoms with Crippen molar-refractivity contribution in [2.24, 2.45) is 0 Å². The van der Waals surface area contributed by atoms with E-state index in [1.54, 1.807) is 17.5 Å². The topological polar surface area (TPSA) is 90.2 Å². The predicted molar refractivity (Wildman–Crippen MR) is 247 cm³/mol. The maximum absolute atomic E-state index is 5.09. The molecule has 286 valence electrons. The standard InChI is InChI=1S/C53H33N7S/c1-4-15-35(16-5-1)48-55-51(58-52(57-48)40-22-12-21-39(33-40)44-26-10-11-32-54-44)38-30-28-34(29-31-38)41-23-13-24-42-46-43(25-14-27-45(46)61-47(41)42)53-59-49(36-17-6-2-7-18-36)56-50(60-53)37-19-8-3-9-20-37/h1-33H. The number of pyridine rings is 1. The van der Waals surface area contributed by atoms with Crippen LogP contribution in [0.2, 0.25) is 0 Å². The molecule has 61 heavy (non-hydrogen) atoms. The molecule has 0 spiro atoms. The minimum Gasteiger partial charge on any atom is -0.256 e. The highest BCUT2D eigenvalue weighted by molar-refractivity contribution is 7.26. The molecule has 7 nitrogen and oxygen atoms in total. The summed E-state index contributed by atoms with van der Waals surface area (Å²) in [4.78, 5) is 34.7. The number of benzene rings is 7. The number of hydrogen-bond donors (Lipinski definition) is 0. The summed E-state index contributed by atoms with van der Waals surface area (Å²) in [7, 11) is 0. The van der Waals surface area contributed by atoms with Crippen LogP contribution in [0.15, 0.2) is 200 Å². The van der Waals surface area contributed by atoms with E-state index < -0.39 is 0 Å². The van der Waals surface area contributed by atoms with Gasteiger partial charge in [-0.25, -0.2) is 29.9 Å². The van der Waals surface area contributed by atoms with Gasteiger partial charge in [0.05, 0.1) is 5.69 Å². The molecule has 0 aliphatic rings. The summed E-state index contributed by atoms with van der Waals surface area (Å²) >= 11 is 1.78. The molecule has 8 heteroatoms. The zero-order valence-electron chi connectivity index (χ0n) is 32.6. The molecule has 0 saturated heterocycles. The number of fused-ring (bicyclic) bond motifs is 3. The van der Waals surface area contributed by atoms with Crippen molar-refractivity contribution in [1.29, 1.82) is 0 Å². The molecule has 0 fully saturated rings. The number of aromatic nitrogens is 7. The average molecular weight is 800 g/mol. The van der Waals surface area contributed by atoms with Gasteiger partial charge >= 0.3 is 0 Å². The van der Waals surface area contributed by atoms with Gasteiger partial charge in [-0.05, 0) is 35.4 Å². The molecule has 0 atom stereocenters. The Balaban J connectivity index is 0.997. The largest absolute Gasteiger partial charge is 0.256 e. The minimum absolute atomic E-state index is 0.599. The zero-order chi connectivity index (χ0) is 40.5. The lowest BCUT2D eigenvalue weighted by atomic mass is 9.99. The van der Waals surface area contributed by atoms with E-state index in [4.69, 9.17) is 29.9 Å². The molecule has 0 saturated carbocycles. The van der Waals surface area contributed by atoms with E-state index in [-0.39, 0.29) is 0 Å². The van der Waals surface area contributed by atoms with Crippen molar-refractivity contribution in [3.05, 3.63) is 200 Å². The summed E-state index contributed by atoms with van der Waals surface area (Å²) in [6.07, 6.45) is 1.80. The Hall–Kier alpha value is -8.07. The van der Waals surface area contributed by atoms with Crippen LogP contribution < -0.4 is 0 Å². The van der Waals surface area contributed by atoms with E-state index in [9.17, 15) is 0 Å². The van der Waals surface area contributed by atoms with E-state index in [1.165, 1.54) is 4.70 Å². The number of nitrogens with zero attached hydrogens (tertiary/aromatic N) is 7. The second-order valence-corrected chi connectivity index (χ2v) is 15.6. The number of thiophene rings is 1. The van der Waals surface area contributed by atoms with Crippen LogP contribution in [-0.4, -0.2) is 34.9 Å². The van der Waals surface area contributed by atoms with E-state index in [0.717, 1.165) is 71.2 Å². The molecule has 0 radical (unpaired) electrons.